The molecule has 170 valence electrons. The van der Waals surface area contributed by atoms with E-state index in [1.165, 1.54) is 12.1 Å². The van der Waals surface area contributed by atoms with Gasteiger partial charge in [0.1, 0.15) is 5.56 Å². The van der Waals surface area contributed by atoms with Crippen LogP contribution in [0.25, 0.3) is 0 Å². The molecule has 6 nitrogen and oxygen atoms in total. The summed E-state index contributed by atoms with van der Waals surface area (Å²) in [4.78, 5) is 24.3. The minimum Gasteiger partial charge on any atom is -0.491 e. The number of carbonyl (C=O) groups is 2. The molecule has 3 aromatic carbocycles. The van der Waals surface area contributed by atoms with Gasteiger partial charge in [0, 0.05) is 16.9 Å². The summed E-state index contributed by atoms with van der Waals surface area (Å²) in [7, 11) is 0.817. The Kier molecular flexibility index (Phi) is 7.23. The summed E-state index contributed by atoms with van der Waals surface area (Å²) >= 11 is 4.91. The summed E-state index contributed by atoms with van der Waals surface area (Å²) in [6.07, 6.45) is 0. The highest BCUT2D eigenvalue weighted by molar-refractivity contribution is 7.80. The largest absolute Gasteiger partial charge is 0.491 e. The third-order valence-electron chi connectivity index (χ3n) is 4.32. The lowest BCUT2D eigenvalue weighted by Gasteiger charge is -2.13. The molecule has 0 aliphatic rings. The van der Waals surface area contributed by atoms with Gasteiger partial charge in [0.15, 0.2) is 22.5 Å². The molecule has 0 heterocycles. The number of ether oxygens (including phenoxy) is 1. The highest BCUT2D eigenvalue weighted by Crippen LogP contribution is 2.29. The van der Waals surface area contributed by atoms with E-state index in [0.29, 0.717) is 16.9 Å². The molecule has 0 fully saturated rings. The number of halogens is 4. The minimum absolute atomic E-state index is 0.317. The summed E-state index contributed by atoms with van der Waals surface area (Å²) in [5.74, 6) is -10.7. The van der Waals surface area contributed by atoms with Crippen molar-refractivity contribution in [2.24, 2.45) is 0 Å². The van der Waals surface area contributed by atoms with Gasteiger partial charge in [-0.05, 0) is 48.6 Å². The van der Waals surface area contributed by atoms with Crippen LogP contribution in [0.5, 0.6) is 5.75 Å². The Balaban J connectivity index is 1.65. The van der Waals surface area contributed by atoms with Gasteiger partial charge in [0.25, 0.3) is 11.8 Å². The molecule has 0 atom stereocenters. The Bertz CT molecular complexity index is 1190. The zero-order valence-electron chi connectivity index (χ0n) is 16.8. The molecule has 0 spiro atoms. The number of amides is 2. The molecule has 0 saturated carbocycles. The van der Waals surface area contributed by atoms with Gasteiger partial charge in [0.05, 0.1) is 7.11 Å². The minimum atomic E-state index is -1.93. The fourth-order valence-electron chi connectivity index (χ4n) is 2.75. The summed E-state index contributed by atoms with van der Waals surface area (Å²) in [5.41, 5.74) is -0.202. The van der Waals surface area contributed by atoms with Crippen molar-refractivity contribution in [1.29, 1.82) is 0 Å². The van der Waals surface area contributed by atoms with E-state index in [-0.39, 0.29) is 5.91 Å². The average Bonchev–Trinajstić information content (AvgIpc) is 2.80. The zero-order chi connectivity index (χ0) is 24.1. The van der Waals surface area contributed by atoms with E-state index in [1.54, 1.807) is 42.5 Å². The molecule has 3 rings (SSSR count). The summed E-state index contributed by atoms with van der Waals surface area (Å²) in [6, 6.07) is 14.6. The molecular weight excluding hydrogens is 462 g/mol. The van der Waals surface area contributed by atoms with E-state index in [1.807, 2.05) is 5.32 Å². The highest BCUT2D eigenvalue weighted by atomic mass is 32.1. The molecule has 2 amide bonds. The fourth-order valence-corrected chi connectivity index (χ4v) is 2.96. The Labute approximate surface area is 190 Å². The molecule has 0 radical (unpaired) electrons. The van der Waals surface area contributed by atoms with Crippen molar-refractivity contribution in [3.8, 4) is 5.75 Å². The lowest BCUT2D eigenvalue weighted by Crippen LogP contribution is -2.35. The molecule has 3 N–H and O–H groups in total. The molecule has 0 bridgehead atoms. The van der Waals surface area contributed by atoms with Gasteiger partial charge >= 0.3 is 0 Å². The van der Waals surface area contributed by atoms with E-state index in [9.17, 15) is 27.2 Å². The van der Waals surface area contributed by atoms with Crippen LogP contribution in [-0.4, -0.2) is 24.0 Å². The van der Waals surface area contributed by atoms with Crippen LogP contribution in [0.1, 0.15) is 20.7 Å². The monoisotopic (exact) mass is 477 g/mol. The van der Waals surface area contributed by atoms with Gasteiger partial charge < -0.3 is 15.4 Å². The fraction of sp³-hybridized carbons (Fsp3) is 0.0455. The normalized spacial score (nSPS) is 10.3. The SMILES string of the molecule is COc1c(F)c(F)c(C(=O)NC(=S)Nc2ccc(NC(=O)c3ccccc3)cc2)c(F)c1F. The number of thiocarbonyl (C=S) groups is 1. The Morgan fingerprint density at radius 1 is 0.758 bits per heavy atom. The Morgan fingerprint density at radius 3 is 1.79 bits per heavy atom. The standard InChI is InChI=1S/C22H15F4N3O3S/c1-32-19-17(25)15(23)14(16(24)18(19)26)21(31)29-22(33)28-13-9-7-12(8-10-13)27-20(30)11-5-3-2-4-6-11/h2-10H,1H3,(H,27,30)(H2,28,29,31,33). The first-order chi connectivity index (χ1) is 15.7. The number of hydrogen-bond acceptors (Lipinski definition) is 4. The van der Waals surface area contributed by atoms with Gasteiger partial charge in [0.2, 0.25) is 11.6 Å². The molecule has 11 heteroatoms. The van der Waals surface area contributed by atoms with Gasteiger partial charge in [-0.3, -0.25) is 14.9 Å². The van der Waals surface area contributed by atoms with E-state index in [4.69, 9.17) is 12.2 Å². The van der Waals surface area contributed by atoms with Crippen molar-refractivity contribution < 1.29 is 31.9 Å². The van der Waals surface area contributed by atoms with Crippen LogP contribution in [-0.2, 0) is 0 Å². The van der Waals surface area contributed by atoms with Gasteiger partial charge in [-0.1, -0.05) is 18.2 Å². The number of carbonyl (C=O) groups excluding carboxylic acids is 2. The van der Waals surface area contributed by atoms with Crippen molar-refractivity contribution >= 4 is 40.5 Å². The number of benzene rings is 3. The van der Waals surface area contributed by atoms with Crippen LogP contribution in [0, 0.1) is 23.3 Å². The van der Waals surface area contributed by atoms with E-state index >= 15 is 0 Å². The second-order valence-corrected chi connectivity index (χ2v) is 6.88. The quantitative estimate of drug-likeness (QED) is 0.284. The number of hydrogen-bond donors (Lipinski definition) is 3. The van der Waals surface area contributed by atoms with Crippen LogP contribution in [0.2, 0.25) is 0 Å². The molecule has 3 aromatic rings. The number of nitrogens with one attached hydrogen (secondary N) is 3. The first-order valence-electron chi connectivity index (χ1n) is 9.21. The maximum absolute atomic E-state index is 14.1. The lowest BCUT2D eigenvalue weighted by molar-refractivity contribution is 0.0965. The van der Waals surface area contributed by atoms with Gasteiger partial charge in [-0.15, -0.1) is 0 Å². The molecule has 0 aromatic heterocycles. The molecular formula is C22H15F4N3O3S. The zero-order valence-corrected chi connectivity index (χ0v) is 17.7. The van der Waals surface area contributed by atoms with E-state index < -0.39 is 45.6 Å². The topological polar surface area (TPSA) is 79.5 Å². The van der Waals surface area contributed by atoms with E-state index in [0.717, 1.165) is 7.11 Å². The second-order valence-electron chi connectivity index (χ2n) is 6.47. The third kappa shape index (κ3) is 5.26. The summed E-state index contributed by atoms with van der Waals surface area (Å²) in [6.45, 7) is 0. The molecule has 0 aliphatic heterocycles. The van der Waals surface area contributed by atoms with Crippen LogP contribution >= 0.6 is 12.2 Å². The Hall–Kier alpha value is -3.99. The number of anilines is 2. The molecule has 0 unspecified atom stereocenters. The van der Waals surface area contributed by atoms with Crippen molar-refractivity contribution in [2.75, 3.05) is 17.7 Å². The van der Waals surface area contributed by atoms with Crippen LogP contribution in [0.4, 0.5) is 28.9 Å². The first kappa shape index (κ1) is 23.7. The van der Waals surface area contributed by atoms with Crippen LogP contribution in [0.15, 0.2) is 54.6 Å². The van der Waals surface area contributed by atoms with Crippen molar-refractivity contribution in [2.45, 2.75) is 0 Å². The first-order valence-corrected chi connectivity index (χ1v) is 9.62. The Morgan fingerprint density at radius 2 is 1.27 bits per heavy atom. The third-order valence-corrected chi connectivity index (χ3v) is 4.52. The summed E-state index contributed by atoms with van der Waals surface area (Å²) < 4.78 is 60.0. The molecule has 33 heavy (non-hydrogen) atoms. The van der Waals surface area contributed by atoms with Crippen molar-refractivity contribution in [3.05, 3.63) is 89.0 Å². The van der Waals surface area contributed by atoms with Crippen molar-refractivity contribution in [1.82, 2.24) is 5.32 Å². The maximum atomic E-state index is 14.1. The maximum Gasteiger partial charge on any atom is 0.263 e. The predicted octanol–water partition coefficient (Wildman–Crippen LogP) is 4.63. The van der Waals surface area contributed by atoms with Crippen LogP contribution in [0.3, 0.4) is 0 Å². The lowest BCUT2D eigenvalue weighted by atomic mass is 10.1. The van der Waals surface area contributed by atoms with E-state index in [2.05, 4.69) is 15.4 Å². The number of methoxy groups -OCH3 is 1. The molecule has 0 saturated heterocycles. The predicted molar refractivity (Wildman–Crippen MR) is 117 cm³/mol. The number of rotatable bonds is 5. The second kappa shape index (κ2) is 10.1. The van der Waals surface area contributed by atoms with Gasteiger partial charge in [-0.2, -0.15) is 8.78 Å². The smallest absolute Gasteiger partial charge is 0.263 e. The average molecular weight is 477 g/mol. The summed E-state index contributed by atoms with van der Waals surface area (Å²) in [5, 5.41) is 6.82. The van der Waals surface area contributed by atoms with Crippen LogP contribution < -0.4 is 20.7 Å². The van der Waals surface area contributed by atoms with Crippen molar-refractivity contribution in [3.63, 3.8) is 0 Å². The highest BCUT2D eigenvalue weighted by Gasteiger charge is 2.30. The van der Waals surface area contributed by atoms with Gasteiger partial charge in [-0.25, -0.2) is 8.78 Å². The molecule has 0 aliphatic carbocycles.